The molecule has 18 heteroatoms. The minimum atomic E-state index is -5.11. The van der Waals surface area contributed by atoms with E-state index >= 15 is 0 Å². The van der Waals surface area contributed by atoms with Crippen molar-refractivity contribution < 1.29 is 128 Å². The fourth-order valence-electron chi connectivity index (χ4n) is 2.63. The zero-order valence-electron chi connectivity index (χ0n) is 18.7. The van der Waals surface area contributed by atoms with Crippen LogP contribution in [0.15, 0.2) is 74.6 Å². The van der Waals surface area contributed by atoms with Gasteiger partial charge in [-0.05, 0) is 53.9 Å². The van der Waals surface area contributed by atoms with E-state index in [1.807, 2.05) is 0 Å². The van der Waals surface area contributed by atoms with Crippen molar-refractivity contribution in [2.45, 2.75) is 9.79 Å². The minimum absolute atomic E-state index is 0. The largest absolute Gasteiger partial charge is 1.00 e. The molecule has 0 aliphatic rings. The summed E-state index contributed by atoms with van der Waals surface area (Å²) in [6, 6.07) is 11.1. The van der Waals surface area contributed by atoms with Crippen molar-refractivity contribution in [1.82, 2.24) is 0 Å². The van der Waals surface area contributed by atoms with E-state index in [9.17, 15) is 38.9 Å². The van der Waals surface area contributed by atoms with Crippen LogP contribution in [0.5, 0.6) is 0 Å². The van der Waals surface area contributed by atoms with Crippen LogP contribution in [0.25, 0.3) is 10.8 Å². The van der Waals surface area contributed by atoms with Gasteiger partial charge in [-0.1, -0.05) is 6.07 Å². The maximum atomic E-state index is 11.6. The first kappa shape index (κ1) is 35.1. The van der Waals surface area contributed by atoms with Gasteiger partial charge < -0.3 is 19.0 Å². The molecule has 0 saturated carbocycles. The zero-order chi connectivity index (χ0) is 23.7. The summed E-state index contributed by atoms with van der Waals surface area (Å²) in [5.41, 5.74) is 0.799. The van der Waals surface area contributed by atoms with Crippen LogP contribution in [0.2, 0.25) is 0 Å². The molecule has 3 rings (SSSR count). The van der Waals surface area contributed by atoms with E-state index in [2.05, 4.69) is 15.5 Å². The number of nitrogens with one attached hydrogen (secondary N) is 1. The van der Waals surface area contributed by atoms with Gasteiger partial charge in [-0.2, -0.15) is 10.2 Å². The van der Waals surface area contributed by atoms with E-state index in [1.54, 1.807) is 0 Å². The second kappa shape index (κ2) is 13.7. The summed E-state index contributed by atoms with van der Waals surface area (Å²) in [6.07, 6.45) is 0. The Labute approximate surface area is 268 Å². The molecule has 0 saturated heterocycles. The first-order valence-corrected chi connectivity index (χ1v) is 12.8. The van der Waals surface area contributed by atoms with E-state index in [0.29, 0.717) is 17.4 Å². The summed E-state index contributed by atoms with van der Waals surface area (Å²) in [7, 11) is -14.6. The normalized spacial score (nSPS) is 11.9. The number of nitrogens with zero attached hydrogens (tertiary/aromatic N) is 2. The second-order valence-electron chi connectivity index (χ2n) is 6.36. The number of rotatable bonds is 7. The van der Waals surface area contributed by atoms with Gasteiger partial charge in [0.25, 0.3) is 0 Å². The SMILES string of the molecule is O=S(=O)([O-])CNc1ccc(N=Nc2ccc3cc(S(=O)(=O)[O-])cc(S(=O)(=O)[O-])c3c2)cc1.[Na+].[Na+].[Na+]. The number of hydrogen-bond donors (Lipinski definition) is 1. The molecule has 0 bridgehead atoms. The predicted molar refractivity (Wildman–Crippen MR) is 109 cm³/mol. The second-order valence-corrected chi connectivity index (χ2v) is 10.5. The van der Waals surface area contributed by atoms with Crippen LogP contribution in [-0.4, -0.2) is 44.8 Å². The van der Waals surface area contributed by atoms with E-state index in [1.165, 1.54) is 42.5 Å². The summed E-state index contributed by atoms with van der Waals surface area (Å²) in [5, 5.41) is 10.2. The van der Waals surface area contributed by atoms with Crippen molar-refractivity contribution in [2.75, 3.05) is 11.2 Å². The van der Waals surface area contributed by atoms with Crippen molar-refractivity contribution in [2.24, 2.45) is 10.2 Å². The van der Waals surface area contributed by atoms with E-state index in [4.69, 9.17) is 0 Å². The number of benzene rings is 3. The maximum Gasteiger partial charge on any atom is 1.00 e. The molecule has 0 aliphatic carbocycles. The van der Waals surface area contributed by atoms with Gasteiger partial charge in [0.2, 0.25) is 0 Å². The molecule has 1 N–H and O–H groups in total. The van der Waals surface area contributed by atoms with Gasteiger partial charge in [-0.25, -0.2) is 25.3 Å². The third-order valence-electron chi connectivity index (χ3n) is 4.03. The van der Waals surface area contributed by atoms with Crippen LogP contribution >= 0.6 is 0 Å². The molecular weight excluding hydrogens is 555 g/mol. The van der Waals surface area contributed by atoms with Gasteiger partial charge in [0, 0.05) is 11.1 Å². The Morgan fingerprint density at radius 2 is 1.23 bits per heavy atom. The first-order valence-electron chi connectivity index (χ1n) is 8.41. The quantitative estimate of drug-likeness (QED) is 0.162. The number of fused-ring (bicyclic) bond motifs is 1. The standard InChI is InChI=1S/C17H15N3O9S3.3Na/c21-30(22,23)10-18-12-3-5-13(6-4-12)19-20-14-2-1-11-7-15(31(24,25)26)9-17(16(11)8-14)32(27,28)29;;;/h1-9,18H,10H2,(H,21,22,23)(H,24,25,26)(H,27,28,29);;;/q;3*+1/p-3. The first-order chi connectivity index (χ1) is 14.7. The molecule has 12 nitrogen and oxygen atoms in total. The molecule has 0 heterocycles. The molecule has 0 fully saturated rings. The maximum absolute atomic E-state index is 11.6. The predicted octanol–water partition coefficient (Wildman–Crippen LogP) is -7.01. The number of hydrogen-bond acceptors (Lipinski definition) is 12. The van der Waals surface area contributed by atoms with Crippen molar-refractivity contribution in [3.05, 3.63) is 54.6 Å². The number of azo groups is 1. The summed E-state index contributed by atoms with van der Waals surface area (Å²) in [5.74, 6) is -0.786. The van der Waals surface area contributed by atoms with E-state index in [0.717, 1.165) is 6.07 Å². The van der Waals surface area contributed by atoms with Crippen LogP contribution in [-0.2, 0) is 30.4 Å². The average Bonchev–Trinajstić information content (AvgIpc) is 2.68. The van der Waals surface area contributed by atoms with Crippen LogP contribution in [0.1, 0.15) is 0 Å². The van der Waals surface area contributed by atoms with Crippen LogP contribution in [0.3, 0.4) is 0 Å². The zero-order valence-corrected chi connectivity index (χ0v) is 27.1. The molecule has 0 aromatic heterocycles. The summed E-state index contributed by atoms with van der Waals surface area (Å²) >= 11 is 0. The summed E-state index contributed by atoms with van der Waals surface area (Å²) < 4.78 is 100. The van der Waals surface area contributed by atoms with Gasteiger partial charge in [0.1, 0.15) is 36.2 Å². The van der Waals surface area contributed by atoms with E-state index in [-0.39, 0.29) is 105 Å². The topological polar surface area (TPSA) is 208 Å². The van der Waals surface area contributed by atoms with Crippen LogP contribution in [0, 0.1) is 0 Å². The van der Waals surface area contributed by atoms with Crippen LogP contribution < -0.4 is 94.0 Å². The fraction of sp³-hybridized carbons (Fsp3) is 0.0588. The van der Waals surface area contributed by atoms with Crippen molar-refractivity contribution in [3.63, 3.8) is 0 Å². The Bertz CT molecular complexity index is 1550. The minimum Gasteiger partial charge on any atom is -0.747 e. The molecule has 0 spiro atoms. The molecule has 170 valence electrons. The monoisotopic (exact) mass is 567 g/mol. The Hall–Kier alpha value is 0.0500. The fourth-order valence-corrected chi connectivity index (χ4v) is 4.30. The van der Waals surface area contributed by atoms with Gasteiger partial charge in [0.05, 0.1) is 21.2 Å². The van der Waals surface area contributed by atoms with Gasteiger partial charge in [0.15, 0.2) is 0 Å². The van der Waals surface area contributed by atoms with Crippen molar-refractivity contribution >= 4 is 58.2 Å². The Kier molecular flexibility index (Phi) is 13.7. The molecule has 0 amide bonds. The van der Waals surface area contributed by atoms with Gasteiger partial charge in [-0.3, -0.25) is 0 Å². The molecule has 0 aliphatic heterocycles. The summed E-state index contributed by atoms with van der Waals surface area (Å²) in [6.45, 7) is 0. The molecule has 3 aromatic rings. The molecule has 35 heavy (non-hydrogen) atoms. The smallest absolute Gasteiger partial charge is 0.747 e. The Balaban J connectivity index is 0.00000385. The van der Waals surface area contributed by atoms with Crippen molar-refractivity contribution in [1.29, 1.82) is 0 Å². The average molecular weight is 567 g/mol. The van der Waals surface area contributed by atoms with Crippen molar-refractivity contribution in [3.8, 4) is 0 Å². The van der Waals surface area contributed by atoms with Gasteiger partial charge >= 0.3 is 88.7 Å². The third kappa shape index (κ3) is 10.4. The molecule has 3 aromatic carbocycles. The Morgan fingerprint density at radius 3 is 1.74 bits per heavy atom. The third-order valence-corrected chi connectivity index (χ3v) is 6.22. The molecule has 0 radical (unpaired) electrons. The Morgan fingerprint density at radius 1 is 0.686 bits per heavy atom. The summed E-state index contributed by atoms with van der Waals surface area (Å²) in [4.78, 5) is -1.74. The van der Waals surface area contributed by atoms with E-state index < -0.39 is 46.0 Å². The molecule has 0 atom stereocenters. The molecular formula is C17H12N3Na3O9S3. The van der Waals surface area contributed by atoms with Crippen LogP contribution in [0.4, 0.5) is 17.1 Å². The number of anilines is 1. The molecule has 0 unspecified atom stereocenters. The van der Waals surface area contributed by atoms with Gasteiger partial charge in [-0.15, -0.1) is 0 Å².